The maximum absolute atomic E-state index is 5.43. The van der Waals surface area contributed by atoms with Gasteiger partial charge in [-0.15, -0.1) is 12.8 Å². The number of terminal acetylenes is 2. The maximum atomic E-state index is 5.43. The van der Waals surface area contributed by atoms with Gasteiger partial charge in [0.1, 0.15) is 0 Å². The van der Waals surface area contributed by atoms with Crippen LogP contribution in [0.4, 0.5) is 0 Å². The summed E-state index contributed by atoms with van der Waals surface area (Å²) in [6, 6.07) is 15.2. The average molecular weight is 226 g/mol. The van der Waals surface area contributed by atoms with Crippen LogP contribution < -0.4 is 0 Å². The minimum absolute atomic E-state index is 0.795. The maximum Gasteiger partial charge on any atom is 0.0405 e. The molecular formula is C18H10. The highest BCUT2D eigenvalue weighted by atomic mass is 14.0. The Morgan fingerprint density at radius 1 is 0.556 bits per heavy atom. The Morgan fingerprint density at radius 3 is 1.22 bits per heavy atom. The highest BCUT2D eigenvalue weighted by molar-refractivity contribution is 5.55. The quantitative estimate of drug-likeness (QED) is 0.606. The molecule has 0 aliphatic carbocycles. The fourth-order valence-electron chi connectivity index (χ4n) is 1.57. The third kappa shape index (κ3) is 2.44. The normalized spacial score (nSPS) is 8.56. The summed E-state index contributed by atoms with van der Waals surface area (Å²) in [5.41, 5.74) is 3.27. The average Bonchev–Trinajstić information content (AvgIpc) is 2.45. The first-order chi connectivity index (χ1) is 8.85. The van der Waals surface area contributed by atoms with Gasteiger partial charge in [0.15, 0.2) is 0 Å². The molecule has 82 valence electrons. The first kappa shape index (κ1) is 11.6. The third-order valence-electron chi connectivity index (χ3n) is 2.50. The van der Waals surface area contributed by atoms with Crippen LogP contribution in [0.25, 0.3) is 0 Å². The van der Waals surface area contributed by atoms with Gasteiger partial charge >= 0.3 is 0 Å². The van der Waals surface area contributed by atoms with Gasteiger partial charge in [0.2, 0.25) is 0 Å². The molecule has 0 N–H and O–H groups in total. The van der Waals surface area contributed by atoms with E-state index in [0.29, 0.717) is 0 Å². The van der Waals surface area contributed by atoms with Gasteiger partial charge in [-0.25, -0.2) is 0 Å². The lowest BCUT2D eigenvalue weighted by Crippen LogP contribution is -1.84. The third-order valence-corrected chi connectivity index (χ3v) is 2.50. The summed E-state index contributed by atoms with van der Waals surface area (Å²) >= 11 is 0. The van der Waals surface area contributed by atoms with Crippen LogP contribution in [0.5, 0.6) is 0 Å². The molecule has 0 saturated heterocycles. The molecule has 0 aliphatic heterocycles. The summed E-state index contributed by atoms with van der Waals surface area (Å²) in [4.78, 5) is 0. The van der Waals surface area contributed by atoms with E-state index in [4.69, 9.17) is 12.8 Å². The van der Waals surface area contributed by atoms with E-state index in [1.54, 1.807) is 0 Å². The fourth-order valence-corrected chi connectivity index (χ4v) is 1.57. The van der Waals surface area contributed by atoms with E-state index in [9.17, 15) is 0 Å². The predicted octanol–water partition coefficient (Wildman–Crippen LogP) is 3.05. The summed E-state index contributed by atoms with van der Waals surface area (Å²) in [5, 5.41) is 0. The molecule has 0 unspecified atom stereocenters. The van der Waals surface area contributed by atoms with Gasteiger partial charge in [0.05, 0.1) is 0 Å². The monoisotopic (exact) mass is 226 g/mol. The fraction of sp³-hybridized carbons (Fsp3) is 0. The zero-order valence-electron chi connectivity index (χ0n) is 9.77. The van der Waals surface area contributed by atoms with Crippen molar-refractivity contribution in [2.75, 3.05) is 0 Å². The Balaban J connectivity index is 2.45. The van der Waals surface area contributed by atoms with Crippen LogP contribution in [0.2, 0.25) is 0 Å². The lowest BCUT2D eigenvalue weighted by Gasteiger charge is -1.96. The highest BCUT2D eigenvalue weighted by Crippen LogP contribution is 2.08. The van der Waals surface area contributed by atoms with Crippen molar-refractivity contribution in [3.8, 4) is 36.5 Å². The van der Waals surface area contributed by atoms with Gasteiger partial charge in [0.25, 0.3) is 0 Å². The Hall–Kier alpha value is -2.88. The molecule has 2 rings (SSSR count). The lowest BCUT2D eigenvalue weighted by atomic mass is 10.1. The minimum Gasteiger partial charge on any atom is -0.115 e. The standard InChI is InChI=1S/C18H10/c1-3-15-9-5-7-11-17(15)13-14-18-12-8-6-10-16(18)4-2/h1-2,5-12H. The second-order valence-electron chi connectivity index (χ2n) is 3.63. The van der Waals surface area contributed by atoms with Crippen LogP contribution in [-0.4, -0.2) is 0 Å². The molecule has 0 saturated carbocycles. The number of hydrogen-bond acceptors (Lipinski definition) is 0. The molecule has 0 fully saturated rings. The van der Waals surface area contributed by atoms with E-state index in [-0.39, 0.29) is 0 Å². The van der Waals surface area contributed by atoms with E-state index in [1.165, 1.54) is 0 Å². The Kier molecular flexibility index (Phi) is 3.51. The summed E-state index contributed by atoms with van der Waals surface area (Å²) in [6.07, 6.45) is 10.9. The van der Waals surface area contributed by atoms with Crippen molar-refractivity contribution in [3.05, 3.63) is 70.8 Å². The Morgan fingerprint density at radius 2 is 0.889 bits per heavy atom. The summed E-state index contributed by atoms with van der Waals surface area (Å²) < 4.78 is 0. The molecule has 0 radical (unpaired) electrons. The molecular weight excluding hydrogens is 216 g/mol. The van der Waals surface area contributed by atoms with Crippen molar-refractivity contribution in [1.29, 1.82) is 0 Å². The topological polar surface area (TPSA) is 0 Å². The molecule has 0 bridgehead atoms. The van der Waals surface area contributed by atoms with Crippen molar-refractivity contribution in [1.82, 2.24) is 0 Å². The van der Waals surface area contributed by atoms with E-state index < -0.39 is 0 Å². The van der Waals surface area contributed by atoms with Crippen LogP contribution in [0.15, 0.2) is 48.5 Å². The van der Waals surface area contributed by atoms with Crippen molar-refractivity contribution in [2.45, 2.75) is 0 Å². The number of rotatable bonds is 0. The van der Waals surface area contributed by atoms with Gasteiger partial charge in [-0.1, -0.05) is 47.9 Å². The van der Waals surface area contributed by atoms with Gasteiger partial charge in [-0.2, -0.15) is 0 Å². The Bertz CT molecular complexity index is 648. The van der Waals surface area contributed by atoms with Crippen molar-refractivity contribution in [2.24, 2.45) is 0 Å². The van der Waals surface area contributed by atoms with Crippen molar-refractivity contribution >= 4 is 0 Å². The summed E-state index contributed by atoms with van der Waals surface area (Å²) in [7, 11) is 0. The first-order valence-electron chi connectivity index (χ1n) is 5.48. The molecule has 0 amide bonds. The van der Waals surface area contributed by atoms with Gasteiger partial charge in [-0.3, -0.25) is 0 Å². The Labute approximate surface area is 108 Å². The van der Waals surface area contributed by atoms with Crippen molar-refractivity contribution in [3.63, 3.8) is 0 Å². The predicted molar refractivity (Wildman–Crippen MR) is 74.7 cm³/mol. The number of hydrogen-bond donors (Lipinski definition) is 0. The molecule has 0 aromatic heterocycles. The van der Waals surface area contributed by atoms with Crippen LogP contribution in [0.3, 0.4) is 0 Å². The molecule has 0 aliphatic rings. The molecule has 0 nitrogen and oxygen atoms in total. The van der Waals surface area contributed by atoms with E-state index in [1.807, 2.05) is 48.5 Å². The molecule has 0 atom stereocenters. The lowest BCUT2D eigenvalue weighted by molar-refractivity contribution is 1.57. The molecule has 2 aromatic carbocycles. The smallest absolute Gasteiger partial charge is 0.0405 e. The highest BCUT2D eigenvalue weighted by Gasteiger charge is 1.96. The van der Waals surface area contributed by atoms with Crippen LogP contribution in [0.1, 0.15) is 22.3 Å². The van der Waals surface area contributed by atoms with Crippen LogP contribution in [-0.2, 0) is 0 Å². The van der Waals surface area contributed by atoms with Gasteiger partial charge in [-0.05, 0) is 24.3 Å². The van der Waals surface area contributed by atoms with E-state index in [2.05, 4.69) is 23.7 Å². The van der Waals surface area contributed by atoms with Crippen LogP contribution >= 0.6 is 0 Å². The first-order valence-corrected chi connectivity index (χ1v) is 5.48. The minimum atomic E-state index is 0.795. The second kappa shape index (κ2) is 5.45. The number of benzene rings is 2. The zero-order chi connectivity index (χ0) is 12.8. The summed E-state index contributed by atoms with van der Waals surface area (Å²) in [5.74, 6) is 11.4. The SMILES string of the molecule is C#Cc1ccccc1C#Cc1ccccc1C#C. The summed E-state index contributed by atoms with van der Waals surface area (Å²) in [6.45, 7) is 0. The zero-order valence-corrected chi connectivity index (χ0v) is 9.77. The largest absolute Gasteiger partial charge is 0.115 e. The van der Waals surface area contributed by atoms with E-state index >= 15 is 0 Å². The molecule has 0 heterocycles. The van der Waals surface area contributed by atoms with Gasteiger partial charge < -0.3 is 0 Å². The molecule has 2 aromatic rings. The van der Waals surface area contributed by atoms with Crippen molar-refractivity contribution < 1.29 is 0 Å². The second-order valence-corrected chi connectivity index (χ2v) is 3.63. The van der Waals surface area contributed by atoms with E-state index in [0.717, 1.165) is 22.3 Å². The molecule has 0 heteroatoms. The molecule has 0 spiro atoms. The molecule has 18 heavy (non-hydrogen) atoms. The van der Waals surface area contributed by atoms with Crippen LogP contribution in [0, 0.1) is 36.5 Å². The van der Waals surface area contributed by atoms with Gasteiger partial charge in [0, 0.05) is 22.3 Å².